The predicted molar refractivity (Wildman–Crippen MR) is 122 cm³/mol. The number of aromatic hydroxyl groups is 2. The first-order valence-corrected chi connectivity index (χ1v) is 10.6. The van der Waals surface area contributed by atoms with Crippen LogP contribution in [0.4, 0.5) is 0 Å². The molecular weight excluding hydrogens is 412 g/mol. The lowest BCUT2D eigenvalue weighted by Gasteiger charge is -2.16. The van der Waals surface area contributed by atoms with Gasteiger partial charge in [-0.15, -0.1) is 0 Å². The highest BCUT2D eigenvalue weighted by atomic mass is 32.2. The number of hydrogen-bond acceptors (Lipinski definition) is 6. The number of para-hydroxylation sites is 1. The Hall–Kier alpha value is -3.58. The van der Waals surface area contributed by atoms with Crippen LogP contribution < -0.4 is 5.56 Å². The fourth-order valence-electron chi connectivity index (χ4n) is 3.31. The summed E-state index contributed by atoms with van der Waals surface area (Å²) in [5, 5.41) is 20.0. The minimum absolute atomic E-state index is 0.0137. The minimum atomic E-state index is -0.355. The molecule has 0 aliphatic rings. The van der Waals surface area contributed by atoms with Gasteiger partial charge in [0.1, 0.15) is 0 Å². The Balaban J connectivity index is 1.79. The van der Waals surface area contributed by atoms with Crippen molar-refractivity contribution >= 4 is 28.4 Å². The molecular formula is C24H20N2O4S. The second-order valence-corrected chi connectivity index (χ2v) is 8.13. The van der Waals surface area contributed by atoms with Crippen molar-refractivity contribution < 1.29 is 15.0 Å². The lowest BCUT2D eigenvalue weighted by atomic mass is 10.1. The summed E-state index contributed by atoms with van der Waals surface area (Å²) in [6.45, 7) is 3.93. The lowest BCUT2D eigenvalue weighted by molar-refractivity contribution is 0.102. The van der Waals surface area contributed by atoms with E-state index >= 15 is 0 Å². The summed E-state index contributed by atoms with van der Waals surface area (Å²) in [7, 11) is 0. The normalized spacial score (nSPS) is 11.0. The fraction of sp³-hybridized carbons (Fsp3) is 0.125. The van der Waals surface area contributed by atoms with Gasteiger partial charge in [0.25, 0.3) is 5.56 Å². The van der Waals surface area contributed by atoms with Gasteiger partial charge in [0.2, 0.25) is 0 Å². The number of carbonyl (C=O) groups is 1. The molecule has 3 aromatic carbocycles. The van der Waals surface area contributed by atoms with Gasteiger partial charge >= 0.3 is 0 Å². The van der Waals surface area contributed by atoms with Gasteiger partial charge in [-0.3, -0.25) is 14.2 Å². The molecule has 0 bridgehead atoms. The first-order chi connectivity index (χ1) is 14.9. The van der Waals surface area contributed by atoms with E-state index in [1.54, 1.807) is 22.8 Å². The summed E-state index contributed by atoms with van der Waals surface area (Å²) in [6.07, 6.45) is 0. The number of nitrogens with zero attached hydrogens (tertiary/aromatic N) is 2. The number of Topliss-reactive ketones (excluding diaryl/α,β-unsaturated/α-hetero) is 1. The van der Waals surface area contributed by atoms with E-state index in [0.29, 0.717) is 16.1 Å². The van der Waals surface area contributed by atoms with Crippen molar-refractivity contribution in [2.75, 3.05) is 5.75 Å². The smallest absolute Gasteiger partial charge is 0.266 e. The summed E-state index contributed by atoms with van der Waals surface area (Å²) in [5.41, 5.74) is 3.36. The Kier molecular flexibility index (Phi) is 5.52. The van der Waals surface area contributed by atoms with Crippen LogP contribution >= 0.6 is 11.8 Å². The zero-order chi connectivity index (χ0) is 22.1. The van der Waals surface area contributed by atoms with Gasteiger partial charge in [-0.2, -0.15) is 0 Å². The van der Waals surface area contributed by atoms with E-state index in [0.717, 1.165) is 28.6 Å². The van der Waals surface area contributed by atoms with Crippen LogP contribution in [0, 0.1) is 13.8 Å². The molecule has 0 amide bonds. The molecule has 0 unspecified atom stereocenters. The molecule has 0 fully saturated rings. The fourth-order valence-corrected chi connectivity index (χ4v) is 4.21. The number of phenols is 2. The molecule has 0 aliphatic carbocycles. The van der Waals surface area contributed by atoms with Crippen LogP contribution in [0.25, 0.3) is 16.6 Å². The van der Waals surface area contributed by atoms with Gasteiger partial charge < -0.3 is 10.2 Å². The Labute approximate surface area is 182 Å². The van der Waals surface area contributed by atoms with Gasteiger partial charge in [-0.25, -0.2) is 4.98 Å². The number of fused-ring (bicyclic) bond motifs is 1. The molecule has 31 heavy (non-hydrogen) atoms. The quantitative estimate of drug-likeness (QED) is 0.210. The van der Waals surface area contributed by atoms with E-state index in [4.69, 9.17) is 0 Å². The van der Waals surface area contributed by atoms with E-state index in [1.165, 1.54) is 18.2 Å². The highest BCUT2D eigenvalue weighted by molar-refractivity contribution is 7.99. The predicted octanol–water partition coefficient (Wildman–Crippen LogP) is 4.39. The highest BCUT2D eigenvalue weighted by Gasteiger charge is 2.17. The number of carbonyl (C=O) groups excluding carboxylic acids is 1. The Bertz CT molecular complexity index is 1380. The zero-order valence-corrected chi connectivity index (χ0v) is 17.8. The summed E-state index contributed by atoms with van der Waals surface area (Å²) >= 11 is 1.16. The van der Waals surface area contributed by atoms with E-state index in [-0.39, 0.29) is 34.2 Å². The van der Waals surface area contributed by atoms with Gasteiger partial charge in [0.15, 0.2) is 22.4 Å². The van der Waals surface area contributed by atoms with E-state index in [9.17, 15) is 19.8 Å². The highest BCUT2D eigenvalue weighted by Crippen LogP contribution is 2.28. The van der Waals surface area contributed by atoms with Crippen molar-refractivity contribution in [1.29, 1.82) is 0 Å². The molecule has 0 radical (unpaired) electrons. The molecule has 0 spiro atoms. The molecule has 156 valence electrons. The molecule has 0 aliphatic heterocycles. The number of ketones is 1. The van der Waals surface area contributed by atoms with Crippen molar-refractivity contribution in [3.05, 3.63) is 87.7 Å². The third-order valence-corrected chi connectivity index (χ3v) is 6.13. The minimum Gasteiger partial charge on any atom is -0.504 e. The van der Waals surface area contributed by atoms with Crippen molar-refractivity contribution in [2.24, 2.45) is 0 Å². The van der Waals surface area contributed by atoms with Crippen molar-refractivity contribution in [1.82, 2.24) is 9.55 Å². The van der Waals surface area contributed by atoms with Crippen molar-refractivity contribution in [3.8, 4) is 17.2 Å². The molecule has 0 saturated heterocycles. The molecule has 6 nitrogen and oxygen atoms in total. The number of aryl methyl sites for hydroxylation is 1. The topological polar surface area (TPSA) is 92.4 Å². The maximum absolute atomic E-state index is 13.4. The molecule has 1 aromatic heterocycles. The molecule has 7 heteroatoms. The van der Waals surface area contributed by atoms with Crippen LogP contribution in [0.15, 0.2) is 70.6 Å². The summed E-state index contributed by atoms with van der Waals surface area (Å²) < 4.78 is 1.55. The third-order valence-electron chi connectivity index (χ3n) is 5.19. The van der Waals surface area contributed by atoms with E-state index in [2.05, 4.69) is 4.98 Å². The number of hydrogen-bond donors (Lipinski definition) is 2. The number of phenolic OH excluding ortho intramolecular Hbond substituents is 2. The van der Waals surface area contributed by atoms with Crippen LogP contribution in [0.2, 0.25) is 0 Å². The molecule has 0 atom stereocenters. The zero-order valence-electron chi connectivity index (χ0n) is 17.0. The second-order valence-electron chi connectivity index (χ2n) is 7.19. The van der Waals surface area contributed by atoms with Gasteiger partial charge in [-0.1, -0.05) is 36.0 Å². The largest absolute Gasteiger partial charge is 0.504 e. The van der Waals surface area contributed by atoms with E-state index in [1.807, 2.05) is 38.1 Å². The van der Waals surface area contributed by atoms with Crippen LogP contribution in [-0.2, 0) is 0 Å². The summed E-state index contributed by atoms with van der Waals surface area (Å²) in [5.74, 6) is -0.883. The van der Waals surface area contributed by atoms with Crippen LogP contribution in [-0.4, -0.2) is 31.3 Å². The average Bonchev–Trinajstić information content (AvgIpc) is 2.76. The summed E-state index contributed by atoms with van der Waals surface area (Å²) in [6, 6.07) is 16.8. The number of benzene rings is 3. The van der Waals surface area contributed by atoms with E-state index < -0.39 is 0 Å². The second kappa shape index (κ2) is 8.28. The Morgan fingerprint density at radius 2 is 1.77 bits per heavy atom. The number of aromatic nitrogens is 2. The van der Waals surface area contributed by atoms with Crippen LogP contribution in [0.1, 0.15) is 21.5 Å². The van der Waals surface area contributed by atoms with Crippen LogP contribution in [0.5, 0.6) is 11.5 Å². The number of rotatable bonds is 5. The summed E-state index contributed by atoms with van der Waals surface area (Å²) in [4.78, 5) is 30.7. The molecule has 4 rings (SSSR count). The first-order valence-electron chi connectivity index (χ1n) is 9.63. The lowest BCUT2D eigenvalue weighted by Crippen LogP contribution is -2.23. The Morgan fingerprint density at radius 1 is 1.00 bits per heavy atom. The average molecular weight is 433 g/mol. The monoisotopic (exact) mass is 432 g/mol. The molecule has 0 saturated carbocycles. The van der Waals surface area contributed by atoms with Gasteiger partial charge in [0.05, 0.1) is 22.3 Å². The standard InChI is InChI=1S/C24H20N2O4S/c1-14-6-5-9-19(15(14)2)26-23(30)17-7-3-4-8-18(17)25-24(26)31-13-22(29)16-10-11-20(27)21(28)12-16/h3-12,27-28H,13H2,1-2H3. The number of thioether (sulfide) groups is 1. The van der Waals surface area contributed by atoms with Crippen molar-refractivity contribution in [2.45, 2.75) is 19.0 Å². The van der Waals surface area contributed by atoms with Crippen LogP contribution in [0.3, 0.4) is 0 Å². The maximum Gasteiger partial charge on any atom is 0.266 e. The third kappa shape index (κ3) is 3.92. The molecule has 1 heterocycles. The van der Waals surface area contributed by atoms with Gasteiger partial charge in [-0.05, 0) is 61.4 Å². The van der Waals surface area contributed by atoms with Gasteiger partial charge in [0, 0.05) is 5.56 Å². The molecule has 4 aromatic rings. The maximum atomic E-state index is 13.4. The Morgan fingerprint density at radius 3 is 2.55 bits per heavy atom. The SMILES string of the molecule is Cc1cccc(-n2c(SCC(=O)c3ccc(O)c(O)c3)nc3ccccc3c2=O)c1C. The molecule has 2 N–H and O–H groups in total. The van der Waals surface area contributed by atoms with Crippen molar-refractivity contribution in [3.63, 3.8) is 0 Å². The first kappa shape index (κ1) is 20.7.